The van der Waals surface area contributed by atoms with E-state index < -0.39 is 0 Å². The van der Waals surface area contributed by atoms with Crippen LogP contribution in [-0.4, -0.2) is 29.7 Å². The Morgan fingerprint density at radius 1 is 1.25 bits per heavy atom. The fraction of sp³-hybridized carbons (Fsp3) is 0.385. The van der Waals surface area contributed by atoms with Gasteiger partial charge in [0.2, 0.25) is 5.78 Å². The maximum Gasteiger partial charge on any atom is 0.290 e. The van der Waals surface area contributed by atoms with E-state index in [1.807, 2.05) is 30.3 Å². The molecule has 0 bridgehead atoms. The molecule has 0 radical (unpaired) electrons. The minimum absolute atomic E-state index is 0.250. The first-order valence-electron chi connectivity index (χ1n) is 5.55. The molecule has 0 aliphatic carbocycles. The van der Waals surface area contributed by atoms with Crippen LogP contribution in [0, 0.1) is 0 Å². The van der Waals surface area contributed by atoms with Gasteiger partial charge in [0.05, 0.1) is 0 Å². The molecule has 1 fully saturated rings. The van der Waals surface area contributed by atoms with E-state index in [4.69, 9.17) is 0 Å². The highest BCUT2D eigenvalue weighted by atomic mass is 16.2. The number of likely N-dealkylation sites (tertiary alicyclic amines) is 1. The van der Waals surface area contributed by atoms with Crippen LogP contribution in [-0.2, 0) is 9.59 Å². The summed E-state index contributed by atoms with van der Waals surface area (Å²) in [5, 5.41) is 0. The van der Waals surface area contributed by atoms with Gasteiger partial charge >= 0.3 is 0 Å². The molecular formula is C13H15NO2. The van der Waals surface area contributed by atoms with Gasteiger partial charge in [0, 0.05) is 19.5 Å². The van der Waals surface area contributed by atoms with Crippen molar-refractivity contribution in [2.45, 2.75) is 19.3 Å². The summed E-state index contributed by atoms with van der Waals surface area (Å²) < 4.78 is 0. The number of ketones is 1. The molecule has 1 aliphatic heterocycles. The van der Waals surface area contributed by atoms with Crippen LogP contribution >= 0.6 is 0 Å². The summed E-state index contributed by atoms with van der Waals surface area (Å²) >= 11 is 0. The average Bonchev–Trinajstić information content (AvgIpc) is 2.62. The minimum Gasteiger partial charge on any atom is -0.335 e. The van der Waals surface area contributed by atoms with Gasteiger partial charge in [-0.1, -0.05) is 37.3 Å². The summed E-state index contributed by atoms with van der Waals surface area (Å²) in [4.78, 5) is 24.2. The van der Waals surface area contributed by atoms with Crippen molar-refractivity contribution in [1.29, 1.82) is 0 Å². The molecule has 16 heavy (non-hydrogen) atoms. The predicted octanol–water partition coefficient (Wildman–Crippen LogP) is 1.59. The van der Waals surface area contributed by atoms with Gasteiger partial charge in [0.25, 0.3) is 5.91 Å². The molecule has 1 aliphatic rings. The summed E-state index contributed by atoms with van der Waals surface area (Å²) in [5.41, 5.74) is 1.20. The maximum absolute atomic E-state index is 11.4. The molecule has 1 atom stereocenters. The topological polar surface area (TPSA) is 37.4 Å². The SMILES string of the molecule is CC(CN1CCC(=O)C1=O)c1ccccc1. The maximum atomic E-state index is 11.4. The number of rotatable bonds is 3. The van der Waals surface area contributed by atoms with Crippen molar-refractivity contribution in [1.82, 2.24) is 4.90 Å². The van der Waals surface area contributed by atoms with Gasteiger partial charge in [-0.05, 0) is 11.5 Å². The van der Waals surface area contributed by atoms with Crippen LogP contribution < -0.4 is 0 Å². The fourth-order valence-electron chi connectivity index (χ4n) is 2.01. The lowest BCUT2D eigenvalue weighted by molar-refractivity contribution is -0.140. The number of carbonyl (C=O) groups is 2. The first-order chi connectivity index (χ1) is 7.68. The second-order valence-corrected chi connectivity index (χ2v) is 4.24. The zero-order valence-corrected chi connectivity index (χ0v) is 9.35. The van der Waals surface area contributed by atoms with Crippen molar-refractivity contribution in [3.63, 3.8) is 0 Å². The Balaban J connectivity index is 2.01. The van der Waals surface area contributed by atoms with E-state index in [2.05, 4.69) is 6.92 Å². The number of hydrogen-bond acceptors (Lipinski definition) is 2. The molecule has 1 saturated heterocycles. The molecule has 1 unspecified atom stereocenters. The van der Waals surface area contributed by atoms with E-state index in [9.17, 15) is 9.59 Å². The molecule has 1 aromatic rings. The van der Waals surface area contributed by atoms with Crippen LogP contribution in [0.4, 0.5) is 0 Å². The minimum atomic E-state index is -0.317. The number of benzene rings is 1. The van der Waals surface area contributed by atoms with Crippen molar-refractivity contribution in [2.75, 3.05) is 13.1 Å². The third-order valence-electron chi connectivity index (χ3n) is 3.00. The van der Waals surface area contributed by atoms with E-state index in [-0.39, 0.29) is 17.6 Å². The Hall–Kier alpha value is -1.64. The molecule has 0 aromatic heterocycles. The molecule has 3 nitrogen and oxygen atoms in total. The van der Waals surface area contributed by atoms with Crippen molar-refractivity contribution < 1.29 is 9.59 Å². The molecular weight excluding hydrogens is 202 g/mol. The van der Waals surface area contributed by atoms with Gasteiger partial charge in [-0.3, -0.25) is 9.59 Å². The molecule has 1 aromatic carbocycles. The molecule has 0 saturated carbocycles. The second kappa shape index (κ2) is 4.47. The smallest absolute Gasteiger partial charge is 0.290 e. The molecule has 2 rings (SSSR count). The molecule has 84 valence electrons. The quantitative estimate of drug-likeness (QED) is 0.721. The van der Waals surface area contributed by atoms with Gasteiger partial charge in [-0.25, -0.2) is 0 Å². The third-order valence-corrected chi connectivity index (χ3v) is 3.00. The fourth-order valence-corrected chi connectivity index (χ4v) is 2.01. The van der Waals surface area contributed by atoms with Crippen molar-refractivity contribution in [3.8, 4) is 0 Å². The van der Waals surface area contributed by atoms with Gasteiger partial charge in [0.15, 0.2) is 0 Å². The summed E-state index contributed by atoms with van der Waals surface area (Å²) in [7, 11) is 0. The summed E-state index contributed by atoms with van der Waals surface area (Å²) in [6.45, 7) is 3.29. The lowest BCUT2D eigenvalue weighted by Gasteiger charge is -2.20. The van der Waals surface area contributed by atoms with Gasteiger partial charge in [-0.15, -0.1) is 0 Å². The number of Topliss-reactive ketones (excluding diaryl/α,β-unsaturated/α-hetero) is 1. The number of amides is 1. The Kier molecular flexibility index (Phi) is 3.04. The molecule has 1 amide bonds. The first-order valence-corrected chi connectivity index (χ1v) is 5.55. The highest BCUT2D eigenvalue weighted by Gasteiger charge is 2.29. The lowest BCUT2D eigenvalue weighted by Crippen LogP contribution is -2.30. The highest BCUT2D eigenvalue weighted by Crippen LogP contribution is 2.18. The van der Waals surface area contributed by atoms with E-state index in [1.54, 1.807) is 4.90 Å². The van der Waals surface area contributed by atoms with Crippen LogP contribution in [0.3, 0.4) is 0 Å². The van der Waals surface area contributed by atoms with E-state index in [0.29, 0.717) is 19.5 Å². The van der Waals surface area contributed by atoms with Crippen LogP contribution in [0.25, 0.3) is 0 Å². The zero-order chi connectivity index (χ0) is 11.5. The number of carbonyl (C=O) groups excluding carboxylic acids is 2. The Bertz CT molecular complexity index is 400. The first kappa shape index (κ1) is 10.9. The Morgan fingerprint density at radius 3 is 2.50 bits per heavy atom. The third kappa shape index (κ3) is 2.13. The molecule has 0 N–H and O–H groups in total. The zero-order valence-electron chi connectivity index (χ0n) is 9.35. The summed E-state index contributed by atoms with van der Waals surface area (Å²) in [5.74, 6) is -0.293. The molecule has 3 heteroatoms. The number of nitrogens with zero attached hydrogens (tertiary/aromatic N) is 1. The van der Waals surface area contributed by atoms with Crippen molar-refractivity contribution in [2.24, 2.45) is 0 Å². The van der Waals surface area contributed by atoms with Crippen molar-refractivity contribution >= 4 is 11.7 Å². The van der Waals surface area contributed by atoms with Crippen LogP contribution in [0.5, 0.6) is 0 Å². The van der Waals surface area contributed by atoms with Gasteiger partial charge < -0.3 is 4.90 Å². The predicted molar refractivity (Wildman–Crippen MR) is 61.1 cm³/mol. The summed E-state index contributed by atoms with van der Waals surface area (Å²) in [6.07, 6.45) is 0.375. The van der Waals surface area contributed by atoms with Crippen LogP contribution in [0.2, 0.25) is 0 Å². The van der Waals surface area contributed by atoms with E-state index in [0.717, 1.165) is 0 Å². The van der Waals surface area contributed by atoms with E-state index in [1.165, 1.54) is 5.56 Å². The number of hydrogen-bond donors (Lipinski definition) is 0. The Morgan fingerprint density at radius 2 is 1.94 bits per heavy atom. The van der Waals surface area contributed by atoms with Gasteiger partial charge in [0.1, 0.15) is 0 Å². The van der Waals surface area contributed by atoms with Crippen molar-refractivity contribution in [3.05, 3.63) is 35.9 Å². The standard InChI is InChI=1S/C13H15NO2/c1-10(11-5-3-2-4-6-11)9-14-8-7-12(15)13(14)16/h2-6,10H,7-9H2,1H3. The lowest BCUT2D eigenvalue weighted by atomic mass is 10.0. The van der Waals surface area contributed by atoms with Crippen LogP contribution in [0.1, 0.15) is 24.8 Å². The monoisotopic (exact) mass is 217 g/mol. The van der Waals surface area contributed by atoms with Gasteiger partial charge in [-0.2, -0.15) is 0 Å². The van der Waals surface area contributed by atoms with E-state index >= 15 is 0 Å². The largest absolute Gasteiger partial charge is 0.335 e. The second-order valence-electron chi connectivity index (χ2n) is 4.24. The highest BCUT2D eigenvalue weighted by molar-refractivity contribution is 6.37. The Labute approximate surface area is 95.1 Å². The normalized spacial score (nSPS) is 17.9. The molecule has 1 heterocycles. The average molecular weight is 217 g/mol. The summed E-state index contributed by atoms with van der Waals surface area (Å²) in [6, 6.07) is 10.0. The van der Waals surface area contributed by atoms with Crippen LogP contribution in [0.15, 0.2) is 30.3 Å². The molecule has 0 spiro atoms.